The minimum absolute atomic E-state index is 0.0623. The topological polar surface area (TPSA) is 55.8 Å². The summed E-state index contributed by atoms with van der Waals surface area (Å²) in [6.45, 7) is 4.00. The summed E-state index contributed by atoms with van der Waals surface area (Å²) in [5, 5.41) is 0. The van der Waals surface area contributed by atoms with Crippen molar-refractivity contribution in [3.8, 4) is 5.75 Å². The quantitative estimate of drug-likeness (QED) is 0.522. The molecule has 0 aliphatic carbocycles. The minimum Gasteiger partial charge on any atom is -0.492 e. The highest BCUT2D eigenvalue weighted by molar-refractivity contribution is 9.10. The Kier molecular flexibility index (Phi) is 7.56. The van der Waals surface area contributed by atoms with Gasteiger partial charge in [0.2, 0.25) is 5.91 Å². The second-order valence-electron chi connectivity index (χ2n) is 5.79. The number of rotatable bonds is 7. The largest absolute Gasteiger partial charge is 0.492 e. The maximum absolute atomic E-state index is 12.2. The fourth-order valence-corrected chi connectivity index (χ4v) is 3.15. The lowest BCUT2D eigenvalue weighted by atomic mass is 9.97. The van der Waals surface area contributed by atoms with Gasteiger partial charge in [0.1, 0.15) is 5.75 Å². The van der Waals surface area contributed by atoms with E-state index in [1.807, 2.05) is 36.1 Å². The Morgan fingerprint density at radius 1 is 1.25 bits per heavy atom. The van der Waals surface area contributed by atoms with Crippen LogP contribution < -0.4 is 4.74 Å². The molecule has 1 aliphatic rings. The van der Waals surface area contributed by atoms with Gasteiger partial charge in [-0.2, -0.15) is 0 Å². The number of likely N-dealkylation sites (tertiary alicyclic amines) is 1. The number of hydrogen-bond acceptors (Lipinski definition) is 4. The number of piperidine rings is 1. The molecule has 1 aliphatic heterocycles. The summed E-state index contributed by atoms with van der Waals surface area (Å²) in [7, 11) is 0. The predicted octanol–water partition coefficient (Wildman–Crippen LogP) is 3.41. The molecule has 0 bridgehead atoms. The number of carbonyl (C=O) groups excluding carboxylic acids is 2. The van der Waals surface area contributed by atoms with Crippen LogP contribution in [-0.4, -0.2) is 43.1 Å². The van der Waals surface area contributed by atoms with Crippen molar-refractivity contribution in [3.63, 3.8) is 0 Å². The molecule has 0 radical (unpaired) electrons. The number of hydrogen-bond donors (Lipinski definition) is 0. The van der Waals surface area contributed by atoms with Crippen molar-refractivity contribution < 1.29 is 19.1 Å². The van der Waals surface area contributed by atoms with Crippen LogP contribution in [0.5, 0.6) is 5.75 Å². The normalized spacial score (nSPS) is 15.2. The number of nitrogens with zero attached hydrogens (tertiary/aromatic N) is 1. The van der Waals surface area contributed by atoms with E-state index < -0.39 is 0 Å². The maximum atomic E-state index is 12.2. The fourth-order valence-electron chi connectivity index (χ4n) is 2.75. The van der Waals surface area contributed by atoms with Gasteiger partial charge in [-0.25, -0.2) is 0 Å². The third-order valence-corrected chi connectivity index (χ3v) is 4.75. The van der Waals surface area contributed by atoms with Crippen LogP contribution in [-0.2, 0) is 14.3 Å². The summed E-state index contributed by atoms with van der Waals surface area (Å²) >= 11 is 3.43. The molecule has 1 fully saturated rings. The Balaban J connectivity index is 1.65. The Bertz CT molecular complexity index is 556. The molecule has 5 nitrogen and oxygen atoms in total. The molecule has 1 saturated heterocycles. The average Bonchev–Trinajstić information content (AvgIpc) is 2.60. The summed E-state index contributed by atoms with van der Waals surface area (Å²) in [6, 6.07) is 7.67. The van der Waals surface area contributed by atoms with Crippen molar-refractivity contribution in [1.82, 2.24) is 4.90 Å². The molecule has 1 aromatic carbocycles. The van der Waals surface area contributed by atoms with Gasteiger partial charge in [-0.05, 0) is 54.2 Å². The number of benzene rings is 1. The summed E-state index contributed by atoms with van der Waals surface area (Å²) in [6.07, 6.45) is 2.53. The van der Waals surface area contributed by atoms with E-state index in [0.717, 1.165) is 10.2 Å². The van der Waals surface area contributed by atoms with Crippen molar-refractivity contribution in [2.45, 2.75) is 32.6 Å². The summed E-state index contributed by atoms with van der Waals surface area (Å²) in [4.78, 5) is 25.8. The molecule has 6 heteroatoms. The van der Waals surface area contributed by atoms with Gasteiger partial charge in [-0.1, -0.05) is 12.1 Å². The van der Waals surface area contributed by atoms with Gasteiger partial charge in [-0.15, -0.1) is 0 Å². The number of ether oxygens (including phenoxy) is 2. The van der Waals surface area contributed by atoms with Crippen molar-refractivity contribution in [2.24, 2.45) is 5.92 Å². The molecule has 1 aromatic rings. The first-order chi connectivity index (χ1) is 11.6. The molecular weight excluding hydrogens is 374 g/mol. The lowest BCUT2D eigenvalue weighted by molar-refractivity contribution is -0.151. The number of amides is 1. The number of para-hydroxylation sites is 1. The fraction of sp³-hybridized carbons (Fsp3) is 0.556. The highest BCUT2D eigenvalue weighted by Gasteiger charge is 2.27. The van der Waals surface area contributed by atoms with Crippen LogP contribution >= 0.6 is 15.9 Å². The van der Waals surface area contributed by atoms with Gasteiger partial charge in [0.25, 0.3) is 0 Å². The summed E-state index contributed by atoms with van der Waals surface area (Å²) in [5.74, 6) is 0.729. The number of esters is 1. The molecule has 0 spiro atoms. The van der Waals surface area contributed by atoms with Gasteiger partial charge in [0.15, 0.2) is 0 Å². The van der Waals surface area contributed by atoms with Gasteiger partial charge in [0, 0.05) is 19.5 Å². The van der Waals surface area contributed by atoms with E-state index >= 15 is 0 Å². The molecule has 24 heavy (non-hydrogen) atoms. The molecule has 132 valence electrons. The molecular formula is C18H24BrNO4. The zero-order valence-electron chi connectivity index (χ0n) is 14.0. The maximum Gasteiger partial charge on any atom is 0.309 e. The van der Waals surface area contributed by atoms with Crippen LogP contribution in [0.25, 0.3) is 0 Å². The van der Waals surface area contributed by atoms with Crippen LogP contribution in [0.3, 0.4) is 0 Å². The smallest absolute Gasteiger partial charge is 0.309 e. The first-order valence-corrected chi connectivity index (χ1v) is 9.23. The predicted molar refractivity (Wildman–Crippen MR) is 94.8 cm³/mol. The minimum atomic E-state index is -0.133. The van der Waals surface area contributed by atoms with Gasteiger partial charge in [0.05, 0.1) is 23.6 Å². The van der Waals surface area contributed by atoms with Crippen molar-refractivity contribution >= 4 is 27.8 Å². The van der Waals surface area contributed by atoms with E-state index in [-0.39, 0.29) is 17.8 Å². The highest BCUT2D eigenvalue weighted by Crippen LogP contribution is 2.24. The zero-order chi connectivity index (χ0) is 17.4. The van der Waals surface area contributed by atoms with Crippen molar-refractivity contribution in [3.05, 3.63) is 28.7 Å². The first-order valence-electron chi connectivity index (χ1n) is 8.43. The highest BCUT2D eigenvalue weighted by atomic mass is 79.9. The zero-order valence-corrected chi connectivity index (χ0v) is 15.6. The molecule has 0 aromatic heterocycles. The van der Waals surface area contributed by atoms with Gasteiger partial charge < -0.3 is 14.4 Å². The molecule has 1 amide bonds. The Hall–Kier alpha value is -1.56. The first kappa shape index (κ1) is 18.8. The van der Waals surface area contributed by atoms with Crippen LogP contribution in [0.2, 0.25) is 0 Å². The Morgan fingerprint density at radius 2 is 1.96 bits per heavy atom. The molecule has 0 N–H and O–H groups in total. The molecule has 2 rings (SSSR count). The van der Waals surface area contributed by atoms with Crippen LogP contribution in [0.1, 0.15) is 32.6 Å². The second-order valence-corrected chi connectivity index (χ2v) is 6.64. The summed E-state index contributed by atoms with van der Waals surface area (Å²) in [5.41, 5.74) is 0. The van der Waals surface area contributed by atoms with Gasteiger partial charge >= 0.3 is 5.97 Å². The second kappa shape index (κ2) is 9.67. The lowest BCUT2D eigenvalue weighted by Gasteiger charge is -2.31. The van der Waals surface area contributed by atoms with Crippen molar-refractivity contribution in [1.29, 1.82) is 0 Å². The van der Waals surface area contributed by atoms with E-state index in [1.54, 1.807) is 0 Å². The van der Waals surface area contributed by atoms with E-state index in [0.29, 0.717) is 52.0 Å². The van der Waals surface area contributed by atoms with Crippen LogP contribution in [0.15, 0.2) is 28.7 Å². The summed E-state index contributed by atoms with van der Waals surface area (Å²) < 4.78 is 11.6. The third kappa shape index (κ3) is 5.51. The monoisotopic (exact) mass is 397 g/mol. The average molecular weight is 398 g/mol. The number of carbonyl (C=O) groups is 2. The van der Waals surface area contributed by atoms with Crippen molar-refractivity contribution in [2.75, 3.05) is 26.3 Å². The molecule has 1 heterocycles. The van der Waals surface area contributed by atoms with E-state index in [9.17, 15) is 9.59 Å². The SMILES string of the molecule is CCOC(=O)C1CCN(C(=O)CCCOc2ccccc2Br)CC1. The molecule has 0 atom stereocenters. The third-order valence-electron chi connectivity index (χ3n) is 4.10. The Morgan fingerprint density at radius 3 is 2.62 bits per heavy atom. The van der Waals surface area contributed by atoms with Crippen LogP contribution in [0, 0.1) is 5.92 Å². The molecule has 0 unspecified atom stereocenters. The lowest BCUT2D eigenvalue weighted by Crippen LogP contribution is -2.40. The van der Waals surface area contributed by atoms with E-state index in [4.69, 9.17) is 9.47 Å². The van der Waals surface area contributed by atoms with Crippen LogP contribution in [0.4, 0.5) is 0 Å². The molecule has 0 saturated carbocycles. The standard InChI is InChI=1S/C18H24BrNO4/c1-2-23-18(22)14-9-11-20(12-10-14)17(21)8-5-13-24-16-7-4-3-6-15(16)19/h3-4,6-7,14H,2,5,8-13H2,1H3. The van der Waals surface area contributed by atoms with E-state index in [1.165, 1.54) is 0 Å². The van der Waals surface area contributed by atoms with E-state index in [2.05, 4.69) is 15.9 Å². The number of halogens is 1. The van der Waals surface area contributed by atoms with Gasteiger partial charge in [-0.3, -0.25) is 9.59 Å². The Labute approximate surface area is 151 Å².